The SMILES string of the molecule is COc1ccc(N2CCC(NC(=O)c3ccn(-c4cccc(Cl)c4)n3)CC2)cc1. The van der Waals surface area contributed by atoms with E-state index in [1.807, 2.05) is 30.3 Å². The summed E-state index contributed by atoms with van der Waals surface area (Å²) in [4.78, 5) is 14.9. The number of nitrogens with zero attached hydrogens (tertiary/aromatic N) is 3. The normalized spacial score (nSPS) is 14.6. The number of aromatic nitrogens is 2. The van der Waals surface area contributed by atoms with Gasteiger partial charge < -0.3 is 15.0 Å². The van der Waals surface area contributed by atoms with Gasteiger partial charge in [-0.05, 0) is 61.4 Å². The molecular weight excluding hydrogens is 388 g/mol. The van der Waals surface area contributed by atoms with Gasteiger partial charge in [0.15, 0.2) is 5.69 Å². The molecule has 6 nitrogen and oxygen atoms in total. The number of ether oxygens (including phenoxy) is 1. The Labute approximate surface area is 175 Å². The smallest absolute Gasteiger partial charge is 0.272 e. The fourth-order valence-electron chi connectivity index (χ4n) is 3.54. The van der Waals surface area contributed by atoms with Crippen molar-refractivity contribution < 1.29 is 9.53 Å². The van der Waals surface area contributed by atoms with Gasteiger partial charge in [0.2, 0.25) is 0 Å². The highest BCUT2D eigenvalue weighted by Crippen LogP contribution is 2.23. The van der Waals surface area contributed by atoms with Crippen molar-refractivity contribution in [2.75, 3.05) is 25.1 Å². The molecule has 1 aliphatic rings. The van der Waals surface area contributed by atoms with Crippen molar-refractivity contribution in [1.82, 2.24) is 15.1 Å². The molecule has 0 saturated carbocycles. The van der Waals surface area contributed by atoms with Gasteiger partial charge in [0, 0.05) is 36.0 Å². The van der Waals surface area contributed by atoms with Crippen LogP contribution in [0.5, 0.6) is 5.75 Å². The first-order valence-corrected chi connectivity index (χ1v) is 10.0. The zero-order valence-electron chi connectivity index (χ0n) is 16.2. The van der Waals surface area contributed by atoms with E-state index in [1.165, 1.54) is 5.69 Å². The maximum Gasteiger partial charge on any atom is 0.272 e. The minimum absolute atomic E-state index is 0.145. The summed E-state index contributed by atoms with van der Waals surface area (Å²) < 4.78 is 6.87. The predicted molar refractivity (Wildman–Crippen MR) is 114 cm³/mol. The lowest BCUT2D eigenvalue weighted by atomic mass is 10.0. The van der Waals surface area contributed by atoms with Crippen molar-refractivity contribution in [2.24, 2.45) is 0 Å². The van der Waals surface area contributed by atoms with Crippen LogP contribution in [-0.4, -0.2) is 41.9 Å². The van der Waals surface area contributed by atoms with E-state index >= 15 is 0 Å². The average molecular weight is 411 g/mol. The van der Waals surface area contributed by atoms with E-state index in [4.69, 9.17) is 16.3 Å². The van der Waals surface area contributed by atoms with Gasteiger partial charge in [-0.25, -0.2) is 4.68 Å². The van der Waals surface area contributed by atoms with Gasteiger partial charge in [0.05, 0.1) is 12.8 Å². The first kappa shape index (κ1) is 19.3. The van der Waals surface area contributed by atoms with E-state index < -0.39 is 0 Å². The summed E-state index contributed by atoms with van der Waals surface area (Å²) in [7, 11) is 1.67. The quantitative estimate of drug-likeness (QED) is 0.692. The van der Waals surface area contributed by atoms with Gasteiger partial charge in [0.1, 0.15) is 5.75 Å². The van der Waals surface area contributed by atoms with E-state index in [2.05, 4.69) is 27.4 Å². The molecule has 1 aromatic heterocycles. The van der Waals surface area contributed by atoms with Crippen molar-refractivity contribution in [3.63, 3.8) is 0 Å². The highest BCUT2D eigenvalue weighted by atomic mass is 35.5. The van der Waals surface area contributed by atoms with Crippen molar-refractivity contribution >= 4 is 23.2 Å². The number of carbonyl (C=O) groups excluding carboxylic acids is 1. The summed E-state index contributed by atoms with van der Waals surface area (Å²) >= 11 is 6.03. The summed E-state index contributed by atoms with van der Waals surface area (Å²) in [5.74, 6) is 0.710. The molecule has 0 radical (unpaired) electrons. The molecule has 1 fully saturated rings. The molecule has 0 bridgehead atoms. The third-order valence-electron chi connectivity index (χ3n) is 5.16. The lowest BCUT2D eigenvalue weighted by Crippen LogP contribution is -2.44. The lowest BCUT2D eigenvalue weighted by molar-refractivity contribution is 0.0925. The zero-order chi connectivity index (χ0) is 20.2. The molecule has 0 spiro atoms. The molecule has 1 amide bonds. The number of rotatable bonds is 5. The minimum atomic E-state index is -0.145. The Balaban J connectivity index is 1.33. The monoisotopic (exact) mass is 410 g/mol. The summed E-state index contributed by atoms with van der Waals surface area (Å²) in [6, 6.07) is 17.3. The maximum atomic E-state index is 12.6. The van der Waals surface area contributed by atoms with E-state index in [0.717, 1.165) is 37.4 Å². The van der Waals surface area contributed by atoms with Crippen LogP contribution in [0.2, 0.25) is 5.02 Å². The van der Waals surface area contributed by atoms with Gasteiger partial charge in [-0.2, -0.15) is 5.10 Å². The third kappa shape index (κ3) is 4.54. The Kier molecular flexibility index (Phi) is 5.71. The second-order valence-electron chi connectivity index (χ2n) is 7.06. The van der Waals surface area contributed by atoms with Gasteiger partial charge in [0.25, 0.3) is 5.91 Å². The van der Waals surface area contributed by atoms with E-state index in [1.54, 1.807) is 30.1 Å². The van der Waals surface area contributed by atoms with Crippen LogP contribution < -0.4 is 15.0 Å². The molecule has 1 saturated heterocycles. The van der Waals surface area contributed by atoms with Crippen LogP contribution in [0.3, 0.4) is 0 Å². The highest BCUT2D eigenvalue weighted by Gasteiger charge is 2.22. The predicted octanol–water partition coefficient (Wildman–Crippen LogP) is 3.93. The van der Waals surface area contributed by atoms with E-state index in [9.17, 15) is 4.79 Å². The number of benzene rings is 2. The van der Waals surface area contributed by atoms with E-state index in [-0.39, 0.29) is 11.9 Å². The standard InChI is InChI=1S/C22H23ClN4O2/c1-29-20-7-5-18(6-8-20)26-12-9-17(10-13-26)24-22(28)21-11-14-27(25-21)19-4-2-3-16(23)15-19/h2-8,11,14-15,17H,9-10,12-13H2,1H3,(H,24,28). The van der Waals surface area contributed by atoms with Crippen molar-refractivity contribution in [3.8, 4) is 11.4 Å². The van der Waals surface area contributed by atoms with Crippen LogP contribution >= 0.6 is 11.6 Å². The molecular formula is C22H23ClN4O2. The number of amides is 1. The molecule has 2 heterocycles. The van der Waals surface area contributed by atoms with Gasteiger partial charge in [-0.15, -0.1) is 0 Å². The Bertz CT molecular complexity index is 978. The molecule has 1 aliphatic heterocycles. The number of nitrogens with one attached hydrogen (secondary N) is 1. The summed E-state index contributed by atoms with van der Waals surface area (Å²) in [6.07, 6.45) is 3.56. The molecule has 0 unspecified atom stereocenters. The Morgan fingerprint density at radius 1 is 1.10 bits per heavy atom. The molecule has 29 heavy (non-hydrogen) atoms. The molecule has 1 N–H and O–H groups in total. The number of piperidine rings is 1. The van der Waals surface area contributed by atoms with Crippen LogP contribution in [-0.2, 0) is 0 Å². The van der Waals surface area contributed by atoms with E-state index in [0.29, 0.717) is 10.7 Å². The van der Waals surface area contributed by atoms with Crippen LogP contribution in [0.15, 0.2) is 60.8 Å². The van der Waals surface area contributed by atoms with Crippen LogP contribution in [0.4, 0.5) is 5.69 Å². The Morgan fingerprint density at radius 3 is 2.55 bits per heavy atom. The summed E-state index contributed by atoms with van der Waals surface area (Å²) in [5, 5.41) is 8.14. The largest absolute Gasteiger partial charge is 0.497 e. The first-order chi connectivity index (χ1) is 14.1. The first-order valence-electron chi connectivity index (χ1n) is 9.64. The maximum absolute atomic E-state index is 12.6. The molecule has 7 heteroatoms. The number of halogens is 1. The Morgan fingerprint density at radius 2 is 1.86 bits per heavy atom. The highest BCUT2D eigenvalue weighted by molar-refractivity contribution is 6.30. The van der Waals surface area contributed by atoms with Gasteiger partial charge in [-0.1, -0.05) is 17.7 Å². The molecule has 0 aliphatic carbocycles. The topological polar surface area (TPSA) is 59.4 Å². The number of carbonyl (C=O) groups is 1. The van der Waals surface area contributed by atoms with Crippen molar-refractivity contribution in [2.45, 2.75) is 18.9 Å². The second kappa shape index (κ2) is 8.57. The summed E-state index contributed by atoms with van der Waals surface area (Å²) in [6.45, 7) is 1.79. The number of hydrogen-bond acceptors (Lipinski definition) is 4. The van der Waals surface area contributed by atoms with Gasteiger partial charge in [-0.3, -0.25) is 4.79 Å². The van der Waals surface area contributed by atoms with Gasteiger partial charge >= 0.3 is 0 Å². The number of hydrogen-bond donors (Lipinski definition) is 1. The Hall–Kier alpha value is -2.99. The van der Waals surface area contributed by atoms with Crippen LogP contribution in [0, 0.1) is 0 Å². The van der Waals surface area contributed by atoms with Crippen LogP contribution in [0.1, 0.15) is 23.3 Å². The van der Waals surface area contributed by atoms with Crippen molar-refractivity contribution in [3.05, 3.63) is 71.5 Å². The lowest BCUT2D eigenvalue weighted by Gasteiger charge is -2.33. The fourth-order valence-corrected chi connectivity index (χ4v) is 3.73. The molecule has 150 valence electrons. The van der Waals surface area contributed by atoms with Crippen molar-refractivity contribution in [1.29, 1.82) is 0 Å². The molecule has 4 rings (SSSR count). The average Bonchev–Trinajstić information content (AvgIpc) is 3.25. The number of anilines is 1. The fraction of sp³-hybridized carbons (Fsp3) is 0.273. The molecule has 0 atom stereocenters. The summed E-state index contributed by atoms with van der Waals surface area (Å²) in [5.41, 5.74) is 2.41. The molecule has 3 aromatic rings. The van der Waals surface area contributed by atoms with Crippen LogP contribution in [0.25, 0.3) is 5.69 Å². The second-order valence-corrected chi connectivity index (χ2v) is 7.49. The molecule has 2 aromatic carbocycles. The minimum Gasteiger partial charge on any atom is -0.497 e. The number of methoxy groups -OCH3 is 1. The zero-order valence-corrected chi connectivity index (χ0v) is 17.0. The third-order valence-corrected chi connectivity index (χ3v) is 5.40.